The van der Waals surface area contributed by atoms with Gasteiger partial charge in [-0.1, -0.05) is 0 Å². The Kier molecular flexibility index (Phi) is 1.71. The minimum atomic E-state index is 0.746. The van der Waals surface area contributed by atoms with Gasteiger partial charge in [0.15, 0.2) is 0 Å². The molecule has 15 heavy (non-hydrogen) atoms. The van der Waals surface area contributed by atoms with Crippen LogP contribution in [0.5, 0.6) is 0 Å². The Morgan fingerprint density at radius 3 is 2.93 bits per heavy atom. The second-order valence-corrected chi connectivity index (χ2v) is 3.68. The van der Waals surface area contributed by atoms with Crippen molar-refractivity contribution in [2.45, 2.75) is 19.3 Å². The Labute approximate surface area is 86.9 Å². The standard InChI is InChI=1S/C10H11N5/c11-10-8-2-1-3-9(8)14-15(10)7-4-5-12-13-6-7/h4-6H,1-3,11H2. The highest BCUT2D eigenvalue weighted by molar-refractivity contribution is 5.50. The summed E-state index contributed by atoms with van der Waals surface area (Å²) in [5.41, 5.74) is 9.24. The maximum absolute atomic E-state index is 6.04. The summed E-state index contributed by atoms with van der Waals surface area (Å²) < 4.78 is 1.75. The molecule has 0 bridgehead atoms. The summed E-state index contributed by atoms with van der Waals surface area (Å²) in [5, 5.41) is 12.0. The molecule has 1 aliphatic rings. The van der Waals surface area contributed by atoms with E-state index in [-0.39, 0.29) is 0 Å². The van der Waals surface area contributed by atoms with Gasteiger partial charge in [-0.05, 0) is 25.3 Å². The Balaban J connectivity index is 2.14. The summed E-state index contributed by atoms with van der Waals surface area (Å²) in [6.45, 7) is 0. The fourth-order valence-corrected chi connectivity index (χ4v) is 2.02. The molecule has 0 saturated heterocycles. The van der Waals surface area contributed by atoms with Gasteiger partial charge in [-0.2, -0.15) is 15.3 Å². The molecular weight excluding hydrogens is 190 g/mol. The molecule has 5 nitrogen and oxygen atoms in total. The summed E-state index contributed by atoms with van der Waals surface area (Å²) in [5.74, 6) is 0.746. The predicted octanol–water partition coefficient (Wildman–Crippen LogP) is 0.733. The number of anilines is 1. The van der Waals surface area contributed by atoms with Gasteiger partial charge in [0, 0.05) is 5.56 Å². The van der Waals surface area contributed by atoms with Gasteiger partial charge < -0.3 is 5.73 Å². The van der Waals surface area contributed by atoms with Gasteiger partial charge in [-0.25, -0.2) is 4.68 Å². The van der Waals surface area contributed by atoms with Crippen molar-refractivity contribution in [1.82, 2.24) is 20.0 Å². The third kappa shape index (κ3) is 1.20. The van der Waals surface area contributed by atoms with Crippen LogP contribution < -0.4 is 5.73 Å². The van der Waals surface area contributed by atoms with Crippen molar-refractivity contribution in [3.8, 4) is 5.69 Å². The van der Waals surface area contributed by atoms with E-state index in [1.807, 2.05) is 6.07 Å². The number of hydrogen-bond acceptors (Lipinski definition) is 4. The molecular formula is C10H11N5. The largest absolute Gasteiger partial charge is 0.383 e. The molecule has 0 spiro atoms. The summed E-state index contributed by atoms with van der Waals surface area (Å²) in [6, 6.07) is 1.85. The second kappa shape index (κ2) is 3.05. The van der Waals surface area contributed by atoms with Crippen LogP contribution in [0.1, 0.15) is 17.7 Å². The lowest BCUT2D eigenvalue weighted by Crippen LogP contribution is -2.04. The van der Waals surface area contributed by atoms with Crippen LogP contribution in [-0.2, 0) is 12.8 Å². The number of nitrogen functional groups attached to an aromatic ring is 1. The molecule has 0 aliphatic heterocycles. The van der Waals surface area contributed by atoms with Crippen molar-refractivity contribution >= 4 is 5.82 Å². The molecule has 5 heteroatoms. The van der Waals surface area contributed by atoms with E-state index in [1.54, 1.807) is 17.1 Å². The van der Waals surface area contributed by atoms with E-state index in [1.165, 1.54) is 5.56 Å². The smallest absolute Gasteiger partial charge is 0.130 e. The van der Waals surface area contributed by atoms with Crippen LogP contribution >= 0.6 is 0 Å². The molecule has 2 N–H and O–H groups in total. The molecule has 0 radical (unpaired) electrons. The predicted molar refractivity (Wildman–Crippen MR) is 55.6 cm³/mol. The van der Waals surface area contributed by atoms with Crippen LogP contribution in [0.4, 0.5) is 5.82 Å². The van der Waals surface area contributed by atoms with E-state index in [9.17, 15) is 0 Å². The number of aromatic nitrogens is 4. The van der Waals surface area contributed by atoms with Gasteiger partial charge in [0.2, 0.25) is 0 Å². The molecule has 0 aromatic carbocycles. The summed E-state index contributed by atoms with van der Waals surface area (Å²) in [4.78, 5) is 0. The molecule has 76 valence electrons. The fourth-order valence-electron chi connectivity index (χ4n) is 2.02. The van der Waals surface area contributed by atoms with Gasteiger partial charge in [-0.15, -0.1) is 0 Å². The molecule has 0 unspecified atom stereocenters. The average molecular weight is 201 g/mol. The summed E-state index contributed by atoms with van der Waals surface area (Å²) in [6.07, 6.45) is 6.54. The first-order valence-electron chi connectivity index (χ1n) is 4.99. The van der Waals surface area contributed by atoms with Crippen molar-refractivity contribution in [3.05, 3.63) is 29.7 Å². The van der Waals surface area contributed by atoms with Crippen LogP contribution in [-0.4, -0.2) is 20.0 Å². The highest BCUT2D eigenvalue weighted by atomic mass is 15.3. The van der Waals surface area contributed by atoms with Crippen molar-refractivity contribution in [3.63, 3.8) is 0 Å². The van der Waals surface area contributed by atoms with Crippen molar-refractivity contribution in [1.29, 1.82) is 0 Å². The number of hydrogen-bond donors (Lipinski definition) is 1. The molecule has 2 aromatic rings. The fraction of sp³-hybridized carbons (Fsp3) is 0.300. The van der Waals surface area contributed by atoms with Crippen LogP contribution in [0.2, 0.25) is 0 Å². The van der Waals surface area contributed by atoms with E-state index in [4.69, 9.17) is 5.73 Å². The first kappa shape index (κ1) is 8.40. The van der Waals surface area contributed by atoms with E-state index >= 15 is 0 Å². The van der Waals surface area contributed by atoms with Crippen molar-refractivity contribution in [2.75, 3.05) is 5.73 Å². The molecule has 1 aliphatic carbocycles. The number of rotatable bonds is 1. The zero-order chi connectivity index (χ0) is 10.3. The van der Waals surface area contributed by atoms with E-state index in [0.717, 1.165) is 36.5 Å². The third-order valence-electron chi connectivity index (χ3n) is 2.76. The molecule has 0 fully saturated rings. The number of fused-ring (bicyclic) bond motifs is 1. The summed E-state index contributed by atoms with van der Waals surface area (Å²) in [7, 11) is 0. The van der Waals surface area contributed by atoms with Gasteiger partial charge >= 0.3 is 0 Å². The molecule has 0 saturated carbocycles. The number of nitrogens with zero attached hydrogens (tertiary/aromatic N) is 4. The highest BCUT2D eigenvalue weighted by Gasteiger charge is 2.20. The van der Waals surface area contributed by atoms with Crippen LogP contribution in [0, 0.1) is 0 Å². The molecule has 0 amide bonds. The maximum atomic E-state index is 6.04. The molecule has 2 heterocycles. The van der Waals surface area contributed by atoms with Crippen LogP contribution in [0.15, 0.2) is 18.5 Å². The molecule has 3 rings (SSSR count). The SMILES string of the molecule is Nc1c2c(nn1-c1ccnnc1)CCC2. The van der Waals surface area contributed by atoms with Crippen molar-refractivity contribution in [2.24, 2.45) is 0 Å². The minimum Gasteiger partial charge on any atom is -0.383 e. The second-order valence-electron chi connectivity index (χ2n) is 3.68. The van der Waals surface area contributed by atoms with E-state index in [2.05, 4.69) is 15.3 Å². The van der Waals surface area contributed by atoms with Crippen molar-refractivity contribution < 1.29 is 0 Å². The Bertz CT molecular complexity index is 488. The molecule has 0 atom stereocenters. The number of aryl methyl sites for hydroxylation is 1. The Hall–Kier alpha value is -1.91. The monoisotopic (exact) mass is 201 g/mol. The van der Waals surface area contributed by atoms with Gasteiger partial charge in [0.05, 0.1) is 23.8 Å². The zero-order valence-corrected chi connectivity index (χ0v) is 8.22. The number of nitrogens with two attached hydrogens (primary N) is 1. The topological polar surface area (TPSA) is 69.6 Å². The quantitative estimate of drug-likeness (QED) is 0.738. The maximum Gasteiger partial charge on any atom is 0.130 e. The van der Waals surface area contributed by atoms with Gasteiger partial charge in [0.25, 0.3) is 0 Å². The lowest BCUT2D eigenvalue weighted by atomic mass is 10.2. The molecule has 2 aromatic heterocycles. The lowest BCUT2D eigenvalue weighted by Gasteiger charge is -2.03. The Morgan fingerprint density at radius 1 is 1.27 bits per heavy atom. The lowest BCUT2D eigenvalue weighted by molar-refractivity contribution is 0.801. The third-order valence-corrected chi connectivity index (χ3v) is 2.76. The first-order valence-corrected chi connectivity index (χ1v) is 4.99. The first-order chi connectivity index (χ1) is 7.36. The average Bonchev–Trinajstić information content (AvgIpc) is 2.83. The van der Waals surface area contributed by atoms with E-state index < -0.39 is 0 Å². The van der Waals surface area contributed by atoms with Gasteiger partial charge in [-0.3, -0.25) is 0 Å². The summed E-state index contributed by atoms with van der Waals surface area (Å²) >= 11 is 0. The minimum absolute atomic E-state index is 0.746. The zero-order valence-electron chi connectivity index (χ0n) is 8.22. The van der Waals surface area contributed by atoms with Crippen LogP contribution in [0.25, 0.3) is 5.69 Å². The van der Waals surface area contributed by atoms with Gasteiger partial charge in [0.1, 0.15) is 5.82 Å². The highest BCUT2D eigenvalue weighted by Crippen LogP contribution is 2.28. The van der Waals surface area contributed by atoms with Crippen LogP contribution in [0.3, 0.4) is 0 Å². The normalized spacial score (nSPS) is 14.1. The Morgan fingerprint density at radius 2 is 2.20 bits per heavy atom. The van der Waals surface area contributed by atoms with E-state index in [0.29, 0.717) is 0 Å².